The van der Waals surface area contributed by atoms with E-state index in [-0.39, 0.29) is 17.4 Å². The van der Waals surface area contributed by atoms with Crippen LogP contribution in [-0.2, 0) is 4.79 Å². The normalized spacial score (nSPS) is 10.9. The summed E-state index contributed by atoms with van der Waals surface area (Å²) in [4.78, 5) is 12.5. The van der Waals surface area contributed by atoms with Crippen LogP contribution in [0.15, 0.2) is 60.7 Å². The van der Waals surface area contributed by atoms with Crippen LogP contribution in [0.1, 0.15) is 16.7 Å². The number of hydrogen-bond donors (Lipinski definition) is 2. The number of ether oxygens (including phenoxy) is 4. The third-order valence-corrected chi connectivity index (χ3v) is 4.94. The van der Waals surface area contributed by atoms with E-state index in [1.165, 1.54) is 13.2 Å². The van der Waals surface area contributed by atoms with Gasteiger partial charge in [0.05, 0.1) is 34.1 Å². The number of phenols is 1. The second kappa shape index (κ2) is 11.5. The first-order valence-corrected chi connectivity index (χ1v) is 10.4. The Kier molecular flexibility index (Phi) is 8.18. The Morgan fingerprint density at radius 2 is 1.32 bits per heavy atom. The van der Waals surface area contributed by atoms with E-state index in [9.17, 15) is 9.90 Å². The number of hydrogen-bond acceptors (Lipinski definition) is 6. The lowest BCUT2D eigenvalue weighted by atomic mass is 10.1. The Morgan fingerprint density at radius 1 is 0.735 bits per heavy atom. The molecule has 0 aliphatic heterocycles. The maximum atomic E-state index is 12.5. The number of anilines is 1. The zero-order chi connectivity index (χ0) is 24.5. The maximum absolute atomic E-state index is 12.5. The predicted molar refractivity (Wildman–Crippen MR) is 134 cm³/mol. The second-order valence-electron chi connectivity index (χ2n) is 7.15. The average molecular weight is 462 g/mol. The Bertz CT molecular complexity index is 1180. The molecule has 0 radical (unpaired) electrons. The molecule has 3 aromatic carbocycles. The van der Waals surface area contributed by atoms with Crippen LogP contribution < -0.4 is 24.3 Å². The lowest BCUT2D eigenvalue weighted by molar-refractivity contribution is -0.111. The highest BCUT2D eigenvalue weighted by atomic mass is 16.5. The highest BCUT2D eigenvalue weighted by molar-refractivity contribution is 6.03. The lowest BCUT2D eigenvalue weighted by Gasteiger charge is -2.13. The molecule has 0 spiro atoms. The van der Waals surface area contributed by atoms with Gasteiger partial charge in [-0.2, -0.15) is 0 Å². The second-order valence-corrected chi connectivity index (χ2v) is 7.15. The van der Waals surface area contributed by atoms with Gasteiger partial charge in [-0.25, -0.2) is 0 Å². The molecule has 34 heavy (non-hydrogen) atoms. The summed E-state index contributed by atoms with van der Waals surface area (Å²) in [5, 5.41) is 13.2. The van der Waals surface area contributed by atoms with Gasteiger partial charge in [0.1, 0.15) is 0 Å². The summed E-state index contributed by atoms with van der Waals surface area (Å²) in [5.74, 6) is 1.27. The molecule has 0 saturated carbocycles. The van der Waals surface area contributed by atoms with E-state index in [0.29, 0.717) is 28.5 Å². The van der Waals surface area contributed by atoms with Crippen LogP contribution in [0.3, 0.4) is 0 Å². The van der Waals surface area contributed by atoms with Crippen molar-refractivity contribution in [2.24, 2.45) is 0 Å². The van der Waals surface area contributed by atoms with Gasteiger partial charge in [-0.05, 0) is 47.0 Å². The van der Waals surface area contributed by atoms with Crippen molar-refractivity contribution in [3.8, 4) is 28.7 Å². The van der Waals surface area contributed by atoms with Gasteiger partial charge < -0.3 is 29.4 Å². The van der Waals surface area contributed by atoms with E-state index in [0.717, 1.165) is 11.1 Å². The van der Waals surface area contributed by atoms with Gasteiger partial charge >= 0.3 is 0 Å². The van der Waals surface area contributed by atoms with Crippen LogP contribution in [0, 0.1) is 0 Å². The van der Waals surface area contributed by atoms with E-state index >= 15 is 0 Å². The zero-order valence-electron chi connectivity index (χ0n) is 19.5. The van der Waals surface area contributed by atoms with E-state index in [2.05, 4.69) is 5.32 Å². The summed E-state index contributed by atoms with van der Waals surface area (Å²) in [7, 11) is 6.07. The van der Waals surface area contributed by atoms with Gasteiger partial charge in [0, 0.05) is 6.08 Å². The van der Waals surface area contributed by atoms with Gasteiger partial charge in [-0.1, -0.05) is 42.5 Å². The number of aromatic hydroxyl groups is 1. The minimum atomic E-state index is -0.354. The number of benzene rings is 3. The molecule has 3 rings (SSSR count). The Balaban J connectivity index is 1.87. The van der Waals surface area contributed by atoms with Crippen molar-refractivity contribution in [2.75, 3.05) is 33.8 Å². The maximum Gasteiger partial charge on any atom is 0.248 e. The molecule has 0 heterocycles. The number of amides is 1. The van der Waals surface area contributed by atoms with Gasteiger partial charge in [-0.15, -0.1) is 0 Å². The summed E-state index contributed by atoms with van der Waals surface area (Å²) >= 11 is 0. The summed E-state index contributed by atoms with van der Waals surface area (Å²) in [6.45, 7) is 0. The van der Waals surface area contributed by atoms with Crippen LogP contribution >= 0.6 is 0 Å². The number of phenolic OH excluding ortho intramolecular Hbond substituents is 1. The molecule has 3 aromatic rings. The monoisotopic (exact) mass is 461 g/mol. The smallest absolute Gasteiger partial charge is 0.248 e. The van der Waals surface area contributed by atoms with Gasteiger partial charge in [0.25, 0.3) is 0 Å². The molecule has 0 aliphatic rings. The van der Waals surface area contributed by atoms with Crippen LogP contribution in [0.25, 0.3) is 18.2 Å². The number of carbonyl (C=O) groups is 1. The molecule has 0 fully saturated rings. The number of rotatable bonds is 9. The standard InChI is InChI=1S/C27H27NO6/c1-31-23-16-20(17-24(32-2)27(23)34-4)11-10-19-14-21(26(33-3)22(29)15-19)28-25(30)13-12-18-8-6-5-7-9-18/h5-17,29H,1-4H3,(H,28,30)/b11-10+,13-12+. The summed E-state index contributed by atoms with van der Waals surface area (Å²) in [5.41, 5.74) is 2.68. The SMILES string of the molecule is COc1cc(/C=C/c2cc(O)c(OC)c(NC(=O)/C=C/c3ccccc3)c2)cc(OC)c1OC. The summed E-state index contributed by atoms with van der Waals surface area (Å²) in [6.07, 6.45) is 6.74. The third kappa shape index (κ3) is 5.89. The van der Waals surface area contributed by atoms with Gasteiger partial charge in [0.2, 0.25) is 11.7 Å². The molecule has 0 atom stereocenters. The first-order chi connectivity index (χ1) is 16.5. The highest BCUT2D eigenvalue weighted by Gasteiger charge is 2.14. The van der Waals surface area contributed by atoms with Crippen molar-refractivity contribution in [1.82, 2.24) is 0 Å². The minimum Gasteiger partial charge on any atom is -0.504 e. The zero-order valence-corrected chi connectivity index (χ0v) is 19.5. The van der Waals surface area contributed by atoms with Crippen LogP contribution in [-0.4, -0.2) is 39.5 Å². The molecule has 0 unspecified atom stereocenters. The van der Waals surface area contributed by atoms with Crippen LogP contribution in [0.2, 0.25) is 0 Å². The van der Waals surface area contributed by atoms with E-state index < -0.39 is 0 Å². The fraction of sp³-hybridized carbons (Fsp3) is 0.148. The summed E-state index contributed by atoms with van der Waals surface area (Å²) < 4.78 is 21.4. The van der Waals surface area contributed by atoms with Crippen LogP contribution in [0.4, 0.5) is 5.69 Å². The Labute approximate surface area is 198 Å². The van der Waals surface area contributed by atoms with Crippen molar-refractivity contribution in [3.63, 3.8) is 0 Å². The molecule has 0 aromatic heterocycles. The quantitative estimate of drug-likeness (QED) is 0.334. The van der Waals surface area contributed by atoms with E-state index in [1.54, 1.807) is 57.7 Å². The Hall–Kier alpha value is -4.39. The molecule has 7 heteroatoms. The van der Waals surface area contributed by atoms with Crippen molar-refractivity contribution < 1.29 is 28.8 Å². The average Bonchev–Trinajstić information content (AvgIpc) is 2.86. The van der Waals surface area contributed by atoms with E-state index in [4.69, 9.17) is 18.9 Å². The largest absolute Gasteiger partial charge is 0.504 e. The number of nitrogens with one attached hydrogen (secondary N) is 1. The fourth-order valence-corrected chi connectivity index (χ4v) is 3.34. The van der Waals surface area contributed by atoms with Crippen molar-refractivity contribution >= 4 is 29.8 Å². The predicted octanol–water partition coefficient (Wildman–Crippen LogP) is 5.25. The first kappa shape index (κ1) is 24.3. The Morgan fingerprint density at radius 3 is 1.88 bits per heavy atom. The molecule has 0 aliphatic carbocycles. The third-order valence-electron chi connectivity index (χ3n) is 4.94. The molecular weight excluding hydrogens is 434 g/mol. The topological polar surface area (TPSA) is 86.2 Å². The fourth-order valence-electron chi connectivity index (χ4n) is 3.34. The van der Waals surface area contributed by atoms with E-state index in [1.807, 2.05) is 36.4 Å². The van der Waals surface area contributed by atoms with Gasteiger partial charge in [-0.3, -0.25) is 4.79 Å². The van der Waals surface area contributed by atoms with Crippen molar-refractivity contribution in [3.05, 3.63) is 77.4 Å². The number of carbonyl (C=O) groups excluding carboxylic acids is 1. The summed E-state index contributed by atoms with van der Waals surface area (Å²) in [6, 6.07) is 16.3. The van der Waals surface area contributed by atoms with Gasteiger partial charge in [0.15, 0.2) is 23.0 Å². The molecule has 2 N–H and O–H groups in total. The number of methoxy groups -OCH3 is 4. The van der Waals surface area contributed by atoms with Crippen LogP contribution in [0.5, 0.6) is 28.7 Å². The highest BCUT2D eigenvalue weighted by Crippen LogP contribution is 2.39. The lowest BCUT2D eigenvalue weighted by Crippen LogP contribution is -2.09. The molecule has 0 bridgehead atoms. The molecular formula is C27H27NO6. The van der Waals surface area contributed by atoms with Crippen molar-refractivity contribution in [1.29, 1.82) is 0 Å². The molecule has 1 amide bonds. The molecule has 7 nitrogen and oxygen atoms in total. The first-order valence-electron chi connectivity index (χ1n) is 10.4. The van der Waals surface area contributed by atoms with Crippen molar-refractivity contribution in [2.45, 2.75) is 0 Å². The molecule has 176 valence electrons. The minimum absolute atomic E-state index is 0.100. The molecule has 0 saturated heterocycles.